The second-order valence-corrected chi connectivity index (χ2v) is 12.8. The van der Waals surface area contributed by atoms with Gasteiger partial charge in [-0.05, 0) is 69.7 Å². The van der Waals surface area contributed by atoms with Crippen molar-refractivity contribution in [3.63, 3.8) is 0 Å². The lowest BCUT2D eigenvalue weighted by Crippen LogP contribution is -2.25. The first-order valence-corrected chi connectivity index (χ1v) is 14.5. The van der Waals surface area contributed by atoms with Crippen LogP contribution in [-0.4, -0.2) is 36.9 Å². The molecule has 0 atom stereocenters. The van der Waals surface area contributed by atoms with Gasteiger partial charge in [0.2, 0.25) is 0 Å². The number of hydrogen-bond acceptors (Lipinski definition) is 7. The molecule has 0 amide bonds. The summed E-state index contributed by atoms with van der Waals surface area (Å²) in [5.74, 6) is -1.65. The van der Waals surface area contributed by atoms with Crippen LogP contribution in [0.25, 0.3) is 22.1 Å². The maximum atomic E-state index is 15.7. The number of nitrogens with zero attached hydrogens (tertiary/aromatic N) is 2. The Morgan fingerprint density at radius 1 is 1.07 bits per heavy atom. The summed E-state index contributed by atoms with van der Waals surface area (Å²) in [5, 5.41) is 0.550. The first-order chi connectivity index (χ1) is 20.1. The van der Waals surface area contributed by atoms with E-state index in [-0.39, 0.29) is 47.8 Å². The minimum Gasteiger partial charge on any atom is -0.489 e. The number of hydrogen-bond donors (Lipinski definition) is 0. The van der Waals surface area contributed by atoms with Crippen molar-refractivity contribution in [1.82, 2.24) is 4.98 Å². The van der Waals surface area contributed by atoms with Crippen LogP contribution in [0, 0.1) is 5.82 Å². The lowest BCUT2D eigenvalue weighted by molar-refractivity contribution is -0.142. The van der Waals surface area contributed by atoms with Crippen molar-refractivity contribution in [2.75, 3.05) is 6.61 Å². The standard InChI is InChI=1S/C30H28F4N2O6S/c1-5-40-26(37)14-19-6-7-21(30(32,33)34)15-25(19)42-17-18-12-20-9-11-41-28(20)23(13-18)22-8-10-35-24(27(22)31)16-36-43(38,39)29(2,3)4/h6-13,15-16H,5,14,17H2,1-4H3. The van der Waals surface area contributed by atoms with E-state index in [1.807, 2.05) is 0 Å². The second-order valence-electron chi connectivity index (χ2n) is 10.5. The van der Waals surface area contributed by atoms with E-state index >= 15 is 4.39 Å². The number of halogens is 4. The molecule has 0 N–H and O–H groups in total. The molecule has 228 valence electrons. The molecule has 2 heterocycles. The number of sulfonamides is 1. The fourth-order valence-corrected chi connectivity index (χ4v) is 4.56. The zero-order valence-corrected chi connectivity index (χ0v) is 24.5. The average molecular weight is 621 g/mol. The fraction of sp³-hybridized carbons (Fsp3) is 0.300. The number of furan rings is 1. The molecule has 4 aromatic rings. The van der Waals surface area contributed by atoms with Crippen LogP contribution in [-0.2, 0) is 38.8 Å². The highest BCUT2D eigenvalue weighted by Crippen LogP contribution is 2.36. The van der Waals surface area contributed by atoms with Crippen molar-refractivity contribution in [2.24, 2.45) is 4.40 Å². The van der Waals surface area contributed by atoms with Crippen LogP contribution in [0.5, 0.6) is 5.75 Å². The van der Waals surface area contributed by atoms with E-state index in [1.165, 1.54) is 45.4 Å². The van der Waals surface area contributed by atoms with Crippen molar-refractivity contribution in [3.05, 3.63) is 83.1 Å². The Kier molecular flexibility index (Phi) is 8.95. The van der Waals surface area contributed by atoms with E-state index in [4.69, 9.17) is 13.9 Å². The molecule has 2 aromatic heterocycles. The summed E-state index contributed by atoms with van der Waals surface area (Å²) in [6.45, 7) is 5.85. The topological polar surface area (TPSA) is 108 Å². The highest BCUT2D eigenvalue weighted by Gasteiger charge is 2.32. The Morgan fingerprint density at radius 2 is 1.81 bits per heavy atom. The third-order valence-electron chi connectivity index (χ3n) is 6.33. The fourth-order valence-electron chi connectivity index (χ4n) is 4.00. The molecule has 0 bridgehead atoms. The molecule has 0 spiro atoms. The first-order valence-electron chi connectivity index (χ1n) is 13.0. The maximum absolute atomic E-state index is 15.7. The van der Waals surface area contributed by atoms with Crippen LogP contribution in [0.1, 0.15) is 50.1 Å². The largest absolute Gasteiger partial charge is 0.489 e. The number of aromatic nitrogens is 1. The van der Waals surface area contributed by atoms with Gasteiger partial charge in [0.25, 0.3) is 10.0 Å². The number of benzene rings is 2. The summed E-state index contributed by atoms with van der Waals surface area (Å²) in [6.07, 6.45) is -1.43. The quantitative estimate of drug-likeness (QED) is 0.114. The highest BCUT2D eigenvalue weighted by molar-refractivity contribution is 7.91. The van der Waals surface area contributed by atoms with Crippen LogP contribution in [0.3, 0.4) is 0 Å². The minimum absolute atomic E-state index is 0.0217. The number of carbonyl (C=O) groups is 1. The normalized spacial score (nSPS) is 12.7. The second kappa shape index (κ2) is 12.2. The van der Waals surface area contributed by atoms with Gasteiger partial charge in [0.05, 0.1) is 35.8 Å². The summed E-state index contributed by atoms with van der Waals surface area (Å²) in [6, 6.07) is 9.03. The molecule has 4 rings (SSSR count). The molecule has 8 nitrogen and oxygen atoms in total. The van der Waals surface area contributed by atoms with E-state index < -0.39 is 38.3 Å². The zero-order valence-electron chi connectivity index (χ0n) is 23.7. The van der Waals surface area contributed by atoms with Crippen LogP contribution in [0.4, 0.5) is 17.6 Å². The van der Waals surface area contributed by atoms with Crippen molar-refractivity contribution >= 4 is 33.2 Å². The van der Waals surface area contributed by atoms with Gasteiger partial charge in [-0.15, -0.1) is 0 Å². The number of fused-ring (bicyclic) bond motifs is 1. The smallest absolute Gasteiger partial charge is 0.416 e. The molecule has 0 radical (unpaired) electrons. The molecular formula is C30H28F4N2O6S. The molecule has 0 aliphatic carbocycles. The van der Waals surface area contributed by atoms with Gasteiger partial charge in [-0.1, -0.05) is 6.07 Å². The van der Waals surface area contributed by atoms with Crippen molar-refractivity contribution in [1.29, 1.82) is 0 Å². The van der Waals surface area contributed by atoms with Crippen LogP contribution < -0.4 is 4.74 Å². The zero-order chi connectivity index (χ0) is 31.6. The minimum atomic E-state index is -4.64. The van der Waals surface area contributed by atoms with Gasteiger partial charge in [0.1, 0.15) is 23.6 Å². The number of pyridine rings is 1. The van der Waals surface area contributed by atoms with Gasteiger partial charge in [-0.2, -0.15) is 17.6 Å². The Balaban J connectivity index is 1.71. The predicted octanol–water partition coefficient (Wildman–Crippen LogP) is 6.88. The van der Waals surface area contributed by atoms with Crippen LogP contribution in [0.2, 0.25) is 0 Å². The van der Waals surface area contributed by atoms with Crippen LogP contribution in [0.15, 0.2) is 63.7 Å². The van der Waals surface area contributed by atoms with E-state index in [0.29, 0.717) is 16.5 Å². The molecule has 43 heavy (non-hydrogen) atoms. The monoisotopic (exact) mass is 620 g/mol. The average Bonchev–Trinajstić information content (AvgIpc) is 3.39. The molecule has 13 heteroatoms. The van der Waals surface area contributed by atoms with E-state index in [0.717, 1.165) is 24.4 Å². The van der Waals surface area contributed by atoms with Crippen molar-refractivity contribution in [2.45, 2.75) is 51.6 Å². The van der Waals surface area contributed by atoms with Crippen LogP contribution >= 0.6 is 0 Å². The lowest BCUT2D eigenvalue weighted by Gasteiger charge is -2.15. The third kappa shape index (κ3) is 7.22. The highest BCUT2D eigenvalue weighted by atomic mass is 32.2. The molecule has 0 saturated heterocycles. The number of esters is 1. The molecular weight excluding hydrogens is 592 g/mol. The van der Waals surface area contributed by atoms with Gasteiger partial charge in [0.15, 0.2) is 5.82 Å². The third-order valence-corrected chi connectivity index (χ3v) is 8.26. The molecule has 0 saturated carbocycles. The lowest BCUT2D eigenvalue weighted by atomic mass is 10.00. The van der Waals surface area contributed by atoms with Gasteiger partial charge in [-0.25, -0.2) is 12.8 Å². The summed E-state index contributed by atoms with van der Waals surface area (Å²) in [5.41, 5.74) is -0.0305. The summed E-state index contributed by atoms with van der Waals surface area (Å²) < 4.78 is 99.4. The molecule has 0 fully saturated rings. The Hall–Kier alpha value is -4.26. The Bertz CT molecular complexity index is 1790. The summed E-state index contributed by atoms with van der Waals surface area (Å²) in [4.78, 5) is 16.0. The SMILES string of the molecule is CCOC(=O)Cc1ccc(C(F)(F)F)cc1OCc1cc(-c2ccnc(C=NS(=O)(=O)C(C)(C)C)c2F)c2occc2c1. The molecule has 0 unspecified atom stereocenters. The van der Waals surface area contributed by atoms with Gasteiger partial charge >= 0.3 is 12.1 Å². The van der Waals surface area contributed by atoms with Crippen molar-refractivity contribution in [3.8, 4) is 16.9 Å². The Labute approximate surface area is 245 Å². The Morgan fingerprint density at radius 3 is 2.49 bits per heavy atom. The number of alkyl halides is 3. The van der Waals surface area contributed by atoms with Gasteiger partial charge in [0, 0.05) is 28.3 Å². The maximum Gasteiger partial charge on any atom is 0.416 e. The van der Waals surface area contributed by atoms with E-state index in [1.54, 1.807) is 19.1 Å². The predicted molar refractivity (Wildman–Crippen MR) is 152 cm³/mol. The molecule has 0 aliphatic heterocycles. The van der Waals surface area contributed by atoms with E-state index in [2.05, 4.69) is 9.38 Å². The summed E-state index contributed by atoms with van der Waals surface area (Å²) in [7, 11) is -3.95. The number of ether oxygens (including phenoxy) is 2. The van der Waals surface area contributed by atoms with Gasteiger partial charge in [-0.3, -0.25) is 9.78 Å². The van der Waals surface area contributed by atoms with E-state index in [9.17, 15) is 26.4 Å². The molecule has 2 aromatic carbocycles. The first kappa shape index (κ1) is 31.7. The summed E-state index contributed by atoms with van der Waals surface area (Å²) >= 11 is 0. The van der Waals surface area contributed by atoms with Crippen molar-refractivity contribution < 1.29 is 44.7 Å². The number of rotatable bonds is 9. The van der Waals surface area contributed by atoms with Gasteiger partial charge < -0.3 is 13.9 Å². The number of carbonyl (C=O) groups excluding carboxylic acids is 1. The molecule has 0 aliphatic rings.